The number of aromatic nitrogens is 5. The molecular formula is C35H27F6N6O2PRu. The van der Waals surface area contributed by atoms with E-state index < -0.39 is 7.81 Å². The van der Waals surface area contributed by atoms with Crippen LogP contribution in [0.4, 0.5) is 25.2 Å². The number of fused-ring (bicyclic) bond motifs is 1. The minimum Gasteiger partial charge on any atom is -0.872 e. The van der Waals surface area contributed by atoms with Gasteiger partial charge in [-0.25, -0.2) is 4.98 Å². The minimum atomic E-state index is -10.7. The van der Waals surface area contributed by atoms with Crippen molar-refractivity contribution in [2.75, 3.05) is 0 Å². The molecule has 8 nitrogen and oxygen atoms in total. The molecule has 0 unspecified atom stereocenters. The summed E-state index contributed by atoms with van der Waals surface area (Å²) in [4.78, 5) is 21.0. The maximum absolute atomic E-state index is 11.6. The summed E-state index contributed by atoms with van der Waals surface area (Å²) in [7, 11) is -10.7. The van der Waals surface area contributed by atoms with Crippen molar-refractivity contribution in [1.29, 1.82) is 5.26 Å². The van der Waals surface area contributed by atoms with E-state index >= 15 is 0 Å². The van der Waals surface area contributed by atoms with Crippen LogP contribution < -0.4 is 5.11 Å². The summed E-state index contributed by atoms with van der Waals surface area (Å²) in [5.74, 6) is 0.306. The van der Waals surface area contributed by atoms with Crippen molar-refractivity contribution in [2.45, 2.75) is 6.92 Å². The van der Waals surface area contributed by atoms with Gasteiger partial charge in [-0.1, -0.05) is 66.4 Å². The average molecular weight is 810 g/mol. The topological polar surface area (TPSA) is 124 Å². The standard InChI is InChI=1S/C13H9NO2.2C10H8N2.C2H3N.F6P.Ru/c15-11-7-3-1-5-9(11)13-14-10-6-2-4-8-12(10)16-13;2*1-3-7-11-9(5-1)10-6-2-4-8-12-10;1-2-3;1-7(2,3,4,5)6;/h1-8,15H;2*1-8H;1H3;;/q;;;;-1;+2/p-1. The minimum absolute atomic E-state index is 0. The van der Waals surface area contributed by atoms with Crippen molar-refractivity contribution in [2.24, 2.45) is 0 Å². The first-order chi connectivity index (χ1) is 23.6. The van der Waals surface area contributed by atoms with Crippen LogP contribution in [0.5, 0.6) is 5.75 Å². The molecule has 264 valence electrons. The van der Waals surface area contributed by atoms with Crippen molar-refractivity contribution >= 4 is 18.9 Å². The smallest absolute Gasteiger partial charge is 0.872 e. The maximum Gasteiger partial charge on any atom is 2.00 e. The number of nitriles is 1. The van der Waals surface area contributed by atoms with E-state index in [9.17, 15) is 30.3 Å². The van der Waals surface area contributed by atoms with E-state index in [1.54, 1.807) is 49.1 Å². The largest absolute Gasteiger partial charge is 2.00 e. The summed E-state index contributed by atoms with van der Waals surface area (Å²) < 4.78 is 64.7. The van der Waals surface area contributed by atoms with E-state index in [-0.39, 0.29) is 25.2 Å². The number of oxazole rings is 1. The quantitative estimate of drug-likeness (QED) is 0.0981. The van der Waals surface area contributed by atoms with Gasteiger partial charge in [0.25, 0.3) is 0 Å². The van der Waals surface area contributed by atoms with Crippen LogP contribution >= 0.6 is 7.81 Å². The number of hydrogen-bond donors (Lipinski definition) is 0. The number of pyridine rings is 4. The SMILES string of the molecule is CC#N.F[P-](F)(F)(F)(F)F.[O-]c1ccccc1-c1nc2ccccc2o1.[Ru+2].c1ccc(-c2ccccn2)nc1.c1ccc(-c2ccccn2)nc1. The van der Waals surface area contributed by atoms with E-state index in [2.05, 4.69) is 24.9 Å². The van der Waals surface area contributed by atoms with Crippen molar-refractivity contribution in [3.8, 4) is 46.0 Å². The van der Waals surface area contributed by atoms with Gasteiger partial charge in [0.2, 0.25) is 5.89 Å². The van der Waals surface area contributed by atoms with Crippen molar-refractivity contribution < 1.29 is 54.2 Å². The molecule has 0 saturated carbocycles. The fourth-order valence-electron chi connectivity index (χ4n) is 3.69. The van der Waals surface area contributed by atoms with E-state index in [4.69, 9.17) is 9.68 Å². The number of benzene rings is 2. The summed E-state index contributed by atoms with van der Waals surface area (Å²) in [6.45, 7) is 1.43. The van der Waals surface area contributed by atoms with E-state index in [1.165, 1.54) is 13.0 Å². The molecule has 0 aliphatic heterocycles. The Labute approximate surface area is 301 Å². The molecule has 0 saturated heterocycles. The van der Waals surface area contributed by atoms with Crippen molar-refractivity contribution in [3.05, 3.63) is 146 Å². The van der Waals surface area contributed by atoms with Crippen LogP contribution in [0.25, 0.3) is 45.3 Å². The molecule has 16 heteroatoms. The summed E-state index contributed by atoms with van der Waals surface area (Å²) in [5, 5.41) is 18.9. The molecule has 5 heterocycles. The van der Waals surface area contributed by atoms with Crippen molar-refractivity contribution in [3.63, 3.8) is 0 Å². The number of nitrogens with zero attached hydrogens (tertiary/aromatic N) is 6. The number of para-hydroxylation sites is 3. The Balaban J connectivity index is 0.000000236. The molecule has 0 radical (unpaired) electrons. The van der Waals surface area contributed by atoms with Gasteiger partial charge in [0.05, 0.1) is 28.8 Å². The molecule has 0 aliphatic carbocycles. The monoisotopic (exact) mass is 810 g/mol. The molecule has 5 aromatic heterocycles. The van der Waals surface area contributed by atoms with Crippen LogP contribution in [0.1, 0.15) is 6.92 Å². The van der Waals surface area contributed by atoms with Gasteiger partial charge in [-0.3, -0.25) is 19.9 Å². The first kappa shape index (κ1) is 41.6. The van der Waals surface area contributed by atoms with Gasteiger partial charge in [-0.2, -0.15) is 5.26 Å². The predicted octanol–water partition coefficient (Wildman–Crippen LogP) is 10.8. The zero-order valence-electron chi connectivity index (χ0n) is 26.4. The number of halogens is 6. The van der Waals surface area contributed by atoms with E-state index in [0.29, 0.717) is 17.0 Å². The average Bonchev–Trinajstić information content (AvgIpc) is 3.54. The predicted molar refractivity (Wildman–Crippen MR) is 179 cm³/mol. The molecule has 0 aliphatic rings. The van der Waals surface area contributed by atoms with Crippen LogP contribution in [0.3, 0.4) is 0 Å². The van der Waals surface area contributed by atoms with Gasteiger partial charge in [0.1, 0.15) is 5.52 Å². The Kier molecular flexibility index (Phi) is 15.0. The number of rotatable bonds is 3. The fourth-order valence-corrected chi connectivity index (χ4v) is 3.69. The maximum atomic E-state index is 11.6. The Morgan fingerprint density at radius 1 is 0.569 bits per heavy atom. The molecule has 7 aromatic rings. The third-order valence-corrected chi connectivity index (χ3v) is 5.60. The Morgan fingerprint density at radius 2 is 0.902 bits per heavy atom. The van der Waals surface area contributed by atoms with Gasteiger partial charge in [0.15, 0.2) is 5.58 Å². The Bertz CT molecular complexity index is 1900. The van der Waals surface area contributed by atoms with Gasteiger partial charge in [-0.15, -0.1) is 0 Å². The first-order valence-corrected chi connectivity index (χ1v) is 16.3. The molecule has 0 atom stereocenters. The number of hydrogen-bond acceptors (Lipinski definition) is 8. The molecule has 0 spiro atoms. The van der Waals surface area contributed by atoms with Crippen LogP contribution in [0.15, 0.2) is 151 Å². The van der Waals surface area contributed by atoms with Crippen LogP contribution in [-0.4, -0.2) is 24.9 Å². The van der Waals surface area contributed by atoms with Gasteiger partial charge >= 0.3 is 52.5 Å². The van der Waals surface area contributed by atoms with Crippen LogP contribution in [0.2, 0.25) is 0 Å². The molecular weight excluding hydrogens is 782 g/mol. The van der Waals surface area contributed by atoms with E-state index in [1.807, 2.05) is 97.1 Å². The molecule has 2 aromatic carbocycles. The van der Waals surface area contributed by atoms with Gasteiger partial charge in [0, 0.05) is 37.3 Å². The van der Waals surface area contributed by atoms with Crippen molar-refractivity contribution in [1.82, 2.24) is 24.9 Å². The molecule has 7 rings (SSSR count). The second-order valence-electron chi connectivity index (χ2n) is 9.52. The van der Waals surface area contributed by atoms with Gasteiger partial charge in [-0.05, 0) is 60.7 Å². The molecule has 51 heavy (non-hydrogen) atoms. The second kappa shape index (κ2) is 18.4. The fraction of sp³-hybridized carbons (Fsp3) is 0.0286. The zero-order valence-corrected chi connectivity index (χ0v) is 29.1. The summed E-state index contributed by atoms with van der Waals surface area (Å²) in [5.41, 5.74) is 5.62. The first-order valence-electron chi connectivity index (χ1n) is 14.3. The van der Waals surface area contributed by atoms with Gasteiger partial charge < -0.3 is 9.52 Å². The van der Waals surface area contributed by atoms with E-state index in [0.717, 1.165) is 28.3 Å². The summed E-state index contributed by atoms with van der Waals surface area (Å²) in [6, 6.07) is 39.1. The van der Waals surface area contributed by atoms with Crippen LogP contribution in [0, 0.1) is 11.3 Å². The summed E-state index contributed by atoms with van der Waals surface area (Å²) in [6.07, 6.45) is 7.07. The normalized spacial score (nSPS) is 11.3. The molecule has 0 bridgehead atoms. The second-order valence-corrected chi connectivity index (χ2v) is 11.4. The van der Waals surface area contributed by atoms with Crippen LogP contribution in [-0.2, 0) is 19.5 Å². The molecule has 0 N–H and O–H groups in total. The Morgan fingerprint density at radius 3 is 1.24 bits per heavy atom. The third kappa shape index (κ3) is 17.1. The molecule has 0 fully saturated rings. The molecule has 0 amide bonds. The Hall–Kier alpha value is -5.57. The summed E-state index contributed by atoms with van der Waals surface area (Å²) >= 11 is 0. The third-order valence-electron chi connectivity index (χ3n) is 5.60. The zero-order chi connectivity index (χ0) is 36.5.